The third-order valence-corrected chi connectivity index (χ3v) is 5.44. The maximum Gasteiger partial charge on any atom is 0.269 e. The average molecular weight is 363 g/mol. The third kappa shape index (κ3) is 2.97. The van der Waals surface area contributed by atoms with Crippen LogP contribution in [0.5, 0.6) is 0 Å². The Kier molecular flexibility index (Phi) is 4.39. The van der Waals surface area contributed by atoms with E-state index in [-0.39, 0.29) is 28.5 Å². The van der Waals surface area contributed by atoms with Gasteiger partial charge in [0.1, 0.15) is 0 Å². The molecule has 6 nitrogen and oxygen atoms in total. The molecule has 1 aliphatic carbocycles. The molecule has 1 amide bonds. The van der Waals surface area contributed by atoms with E-state index >= 15 is 0 Å². The van der Waals surface area contributed by atoms with Gasteiger partial charge in [0, 0.05) is 24.6 Å². The van der Waals surface area contributed by atoms with Crippen LogP contribution >= 0.6 is 0 Å². The molecule has 4 rings (SSSR count). The Morgan fingerprint density at radius 1 is 1.26 bits per heavy atom. The van der Waals surface area contributed by atoms with Crippen LogP contribution in [0.4, 0.5) is 11.4 Å². The number of fused-ring (bicyclic) bond motifs is 3. The van der Waals surface area contributed by atoms with Crippen molar-refractivity contribution in [1.82, 2.24) is 5.32 Å². The van der Waals surface area contributed by atoms with Gasteiger partial charge in [-0.15, -0.1) is 0 Å². The topological polar surface area (TPSA) is 84.3 Å². The molecule has 2 aromatic carbocycles. The summed E-state index contributed by atoms with van der Waals surface area (Å²) in [6, 6.07) is 12.5. The molecular formula is C21H21N3O3. The average Bonchev–Trinajstić information content (AvgIpc) is 3.17. The quantitative estimate of drug-likeness (QED) is 0.485. The summed E-state index contributed by atoms with van der Waals surface area (Å²) in [4.78, 5) is 23.1. The second-order valence-electron chi connectivity index (χ2n) is 6.95. The van der Waals surface area contributed by atoms with E-state index in [1.165, 1.54) is 0 Å². The molecule has 6 heteroatoms. The van der Waals surface area contributed by atoms with Gasteiger partial charge in [-0.2, -0.15) is 0 Å². The van der Waals surface area contributed by atoms with E-state index in [9.17, 15) is 14.9 Å². The predicted octanol–water partition coefficient (Wildman–Crippen LogP) is 4.17. The molecule has 27 heavy (non-hydrogen) atoms. The van der Waals surface area contributed by atoms with Crippen LogP contribution in [0.15, 0.2) is 54.6 Å². The molecule has 3 unspecified atom stereocenters. The van der Waals surface area contributed by atoms with Crippen molar-refractivity contribution < 1.29 is 9.72 Å². The fraction of sp³-hybridized carbons (Fsp3) is 0.286. The van der Waals surface area contributed by atoms with E-state index in [2.05, 4.69) is 28.9 Å². The van der Waals surface area contributed by atoms with Crippen LogP contribution in [-0.2, 0) is 0 Å². The number of carbonyl (C=O) groups excluding carboxylic acids is 1. The van der Waals surface area contributed by atoms with Gasteiger partial charge in [-0.05, 0) is 36.5 Å². The lowest BCUT2D eigenvalue weighted by Crippen LogP contribution is -2.32. The minimum Gasteiger partial charge on any atom is -0.377 e. The molecule has 138 valence electrons. The number of nitro benzene ring substituents is 1. The highest BCUT2D eigenvalue weighted by Crippen LogP contribution is 2.50. The van der Waals surface area contributed by atoms with Crippen molar-refractivity contribution in [2.75, 3.05) is 11.9 Å². The molecular weight excluding hydrogens is 342 g/mol. The number of nitrogens with zero attached hydrogens (tertiary/aromatic N) is 1. The van der Waals surface area contributed by atoms with Gasteiger partial charge in [0.25, 0.3) is 11.6 Å². The number of benzene rings is 2. The van der Waals surface area contributed by atoms with Gasteiger partial charge in [-0.3, -0.25) is 14.9 Å². The highest BCUT2D eigenvalue weighted by atomic mass is 16.6. The lowest BCUT2D eigenvalue weighted by atomic mass is 9.76. The normalized spacial score (nSPS) is 22.5. The molecule has 0 bridgehead atoms. The Balaban J connectivity index is 1.75. The van der Waals surface area contributed by atoms with Gasteiger partial charge in [0.2, 0.25) is 0 Å². The van der Waals surface area contributed by atoms with Crippen LogP contribution in [0.3, 0.4) is 0 Å². The first-order valence-electron chi connectivity index (χ1n) is 9.18. The number of carbonyl (C=O) groups is 1. The van der Waals surface area contributed by atoms with Gasteiger partial charge in [-0.1, -0.05) is 36.4 Å². The Morgan fingerprint density at radius 3 is 2.74 bits per heavy atom. The van der Waals surface area contributed by atoms with E-state index in [4.69, 9.17) is 0 Å². The molecule has 0 fully saturated rings. The number of para-hydroxylation sites is 1. The summed E-state index contributed by atoms with van der Waals surface area (Å²) in [5.74, 6) is 0.462. The number of rotatable bonds is 4. The highest BCUT2D eigenvalue weighted by Gasteiger charge is 2.39. The second-order valence-corrected chi connectivity index (χ2v) is 6.95. The van der Waals surface area contributed by atoms with E-state index in [0.29, 0.717) is 18.0 Å². The Labute approximate surface area is 157 Å². The maximum atomic E-state index is 12.5. The molecule has 3 atom stereocenters. The van der Waals surface area contributed by atoms with Crippen LogP contribution in [0.25, 0.3) is 0 Å². The fourth-order valence-electron chi connectivity index (χ4n) is 4.20. The predicted molar refractivity (Wildman–Crippen MR) is 104 cm³/mol. The summed E-state index contributed by atoms with van der Waals surface area (Å²) in [6.07, 6.45) is 5.33. The number of non-ortho nitro benzene ring substituents is 1. The summed E-state index contributed by atoms with van der Waals surface area (Å²) in [5, 5.41) is 17.4. The van der Waals surface area contributed by atoms with Crippen molar-refractivity contribution in [2.45, 2.75) is 25.3 Å². The van der Waals surface area contributed by atoms with E-state index in [1.807, 2.05) is 31.2 Å². The van der Waals surface area contributed by atoms with E-state index in [1.54, 1.807) is 12.1 Å². The van der Waals surface area contributed by atoms with Crippen molar-refractivity contribution in [3.8, 4) is 0 Å². The van der Waals surface area contributed by atoms with E-state index < -0.39 is 0 Å². The van der Waals surface area contributed by atoms with E-state index in [0.717, 1.165) is 23.2 Å². The first kappa shape index (κ1) is 17.3. The number of hydrogen-bond acceptors (Lipinski definition) is 4. The zero-order valence-corrected chi connectivity index (χ0v) is 15.0. The number of hydrogen-bond donors (Lipinski definition) is 2. The summed E-state index contributed by atoms with van der Waals surface area (Å²) in [5.41, 5.74) is 3.71. The van der Waals surface area contributed by atoms with Crippen LogP contribution in [-0.4, -0.2) is 17.4 Å². The summed E-state index contributed by atoms with van der Waals surface area (Å²) < 4.78 is 0. The SMILES string of the molecule is CCNC(=O)c1cccc2c1NC(c1ccc([N+](=O)[O-])cc1)C1CC=CC21. The van der Waals surface area contributed by atoms with Gasteiger partial charge in [0.15, 0.2) is 0 Å². The fourth-order valence-corrected chi connectivity index (χ4v) is 4.20. The van der Waals surface area contributed by atoms with Crippen LogP contribution in [0, 0.1) is 16.0 Å². The molecule has 1 heterocycles. The molecule has 0 saturated heterocycles. The van der Waals surface area contributed by atoms with Crippen LogP contribution in [0.1, 0.15) is 46.8 Å². The Morgan fingerprint density at radius 2 is 2.04 bits per heavy atom. The van der Waals surface area contributed by atoms with Crippen molar-refractivity contribution in [3.63, 3.8) is 0 Å². The Bertz CT molecular complexity index is 921. The molecule has 2 aromatic rings. The van der Waals surface area contributed by atoms with Gasteiger partial charge >= 0.3 is 0 Å². The second kappa shape index (κ2) is 6.87. The summed E-state index contributed by atoms with van der Waals surface area (Å²) in [6.45, 7) is 2.47. The van der Waals surface area contributed by atoms with Crippen molar-refractivity contribution in [1.29, 1.82) is 0 Å². The molecule has 2 aliphatic rings. The maximum absolute atomic E-state index is 12.5. The zero-order chi connectivity index (χ0) is 19.0. The van der Waals surface area contributed by atoms with Gasteiger partial charge in [-0.25, -0.2) is 0 Å². The number of amides is 1. The lowest BCUT2D eigenvalue weighted by molar-refractivity contribution is -0.384. The molecule has 1 aliphatic heterocycles. The standard InChI is InChI=1S/C21H21N3O3/c1-2-22-21(25)18-8-4-7-17-15-5-3-6-16(15)19(23-20(17)18)13-9-11-14(12-10-13)24(26)27/h3-5,7-12,15-16,19,23H,2,6H2,1H3,(H,22,25). The minimum atomic E-state index is -0.388. The minimum absolute atomic E-state index is 0.00567. The van der Waals surface area contributed by atoms with Crippen molar-refractivity contribution >= 4 is 17.3 Å². The molecule has 0 saturated carbocycles. The van der Waals surface area contributed by atoms with Gasteiger partial charge < -0.3 is 10.6 Å². The number of nitro groups is 1. The third-order valence-electron chi connectivity index (χ3n) is 5.44. The van der Waals surface area contributed by atoms with Crippen molar-refractivity contribution in [3.05, 3.63) is 81.4 Å². The number of nitrogens with one attached hydrogen (secondary N) is 2. The van der Waals surface area contributed by atoms with Gasteiger partial charge in [0.05, 0.1) is 22.2 Å². The molecule has 2 N–H and O–H groups in total. The summed E-state index contributed by atoms with van der Waals surface area (Å²) in [7, 11) is 0. The number of anilines is 1. The molecule has 0 aromatic heterocycles. The molecule has 0 spiro atoms. The Hall–Kier alpha value is -3.15. The largest absolute Gasteiger partial charge is 0.377 e. The van der Waals surface area contributed by atoms with Crippen LogP contribution < -0.4 is 10.6 Å². The monoisotopic (exact) mass is 363 g/mol. The highest BCUT2D eigenvalue weighted by molar-refractivity contribution is 6.00. The molecule has 0 radical (unpaired) electrons. The first-order valence-corrected chi connectivity index (χ1v) is 9.18. The lowest BCUT2D eigenvalue weighted by Gasteiger charge is -2.38. The van der Waals surface area contributed by atoms with Crippen LogP contribution in [0.2, 0.25) is 0 Å². The smallest absolute Gasteiger partial charge is 0.269 e. The van der Waals surface area contributed by atoms with Crippen molar-refractivity contribution in [2.24, 2.45) is 5.92 Å². The summed E-state index contributed by atoms with van der Waals surface area (Å²) >= 11 is 0. The first-order chi connectivity index (χ1) is 13.1. The number of allylic oxidation sites excluding steroid dienone is 2. The zero-order valence-electron chi connectivity index (χ0n) is 15.0.